The molecule has 0 saturated heterocycles. The van der Waals surface area contributed by atoms with Gasteiger partial charge in [0.15, 0.2) is 5.82 Å². The van der Waals surface area contributed by atoms with Crippen LogP contribution in [-0.2, 0) is 9.57 Å². The van der Waals surface area contributed by atoms with Gasteiger partial charge in [0, 0.05) is 18.3 Å². The van der Waals surface area contributed by atoms with Crippen LogP contribution in [0.25, 0.3) is 0 Å². The van der Waals surface area contributed by atoms with Gasteiger partial charge in [-0.2, -0.15) is 0 Å². The van der Waals surface area contributed by atoms with Crippen LogP contribution in [0.3, 0.4) is 0 Å². The summed E-state index contributed by atoms with van der Waals surface area (Å²) < 4.78 is 5.96. The molecule has 2 aromatic heterocycles. The number of amides is 2. The molecule has 0 radical (unpaired) electrons. The molecule has 2 aromatic rings. The molecule has 1 N–H and O–H groups in total. The third-order valence-electron chi connectivity index (χ3n) is 4.88. The molecule has 1 saturated carbocycles. The number of pyridine rings is 2. The van der Waals surface area contributed by atoms with Crippen molar-refractivity contribution in [2.75, 3.05) is 10.4 Å². The molecule has 0 unspecified atom stereocenters. The number of ether oxygens (including phenoxy) is 1. The van der Waals surface area contributed by atoms with Crippen molar-refractivity contribution in [2.45, 2.75) is 58.5 Å². The molecule has 1 aliphatic carbocycles. The number of nitrogens with one attached hydrogen (secondary N) is 1. The average Bonchev–Trinajstić information content (AvgIpc) is 2.79. The molecule has 2 heterocycles. The number of hydroxylamine groups is 1. The molecule has 11 heteroatoms. The zero-order valence-corrected chi connectivity index (χ0v) is 23.2. The van der Waals surface area contributed by atoms with Crippen LogP contribution >= 0.6 is 45.8 Å². The third kappa shape index (κ3) is 7.85. The van der Waals surface area contributed by atoms with Crippen LogP contribution in [0, 0.1) is 21.3 Å². The Morgan fingerprint density at radius 1 is 1.11 bits per heavy atom. The van der Waals surface area contributed by atoms with Crippen LogP contribution in [0.1, 0.15) is 58.4 Å². The predicted octanol–water partition coefficient (Wildman–Crippen LogP) is 7.23. The summed E-state index contributed by atoms with van der Waals surface area (Å²) in [5, 5.41) is 3.79. The highest BCUT2D eigenvalue weighted by Gasteiger charge is 2.31. The van der Waals surface area contributed by atoms with Crippen LogP contribution in [0.15, 0.2) is 24.5 Å². The molecule has 0 spiro atoms. The van der Waals surface area contributed by atoms with Crippen molar-refractivity contribution in [3.05, 3.63) is 43.7 Å². The molecule has 3 rings (SSSR count). The fraction of sp³-hybridized carbons (Fsp3) is 0.417. The second kappa shape index (κ2) is 12.1. The second-order valence-electron chi connectivity index (χ2n) is 8.83. The summed E-state index contributed by atoms with van der Waals surface area (Å²) in [5.74, 6) is 6.62. The SMILES string of the molecule is CC(C)(C)OC(=O)N(OC(=O)Nc1nccc(Cl)c1I)c1nccc(Cl)c1C#CC1CCCCC1. The summed E-state index contributed by atoms with van der Waals surface area (Å²) in [6.07, 6.45) is 6.31. The Hall–Kier alpha value is -2.29. The van der Waals surface area contributed by atoms with E-state index in [-0.39, 0.29) is 28.1 Å². The molecule has 8 nitrogen and oxygen atoms in total. The van der Waals surface area contributed by atoms with Gasteiger partial charge in [0.1, 0.15) is 11.4 Å². The van der Waals surface area contributed by atoms with Crippen molar-refractivity contribution in [1.29, 1.82) is 0 Å². The van der Waals surface area contributed by atoms with Gasteiger partial charge in [-0.25, -0.2) is 19.6 Å². The van der Waals surface area contributed by atoms with E-state index in [1.807, 2.05) is 22.6 Å². The number of carbonyl (C=O) groups excluding carboxylic acids is 2. The number of halogens is 3. The van der Waals surface area contributed by atoms with Crippen LogP contribution in [0.5, 0.6) is 0 Å². The lowest BCUT2D eigenvalue weighted by atomic mass is 9.90. The van der Waals surface area contributed by atoms with Gasteiger partial charge >= 0.3 is 12.2 Å². The van der Waals surface area contributed by atoms with Crippen LogP contribution in [0.2, 0.25) is 10.0 Å². The summed E-state index contributed by atoms with van der Waals surface area (Å²) in [6, 6.07) is 3.14. The van der Waals surface area contributed by atoms with E-state index in [1.165, 1.54) is 18.8 Å². The van der Waals surface area contributed by atoms with E-state index in [0.717, 1.165) is 25.7 Å². The largest absolute Gasteiger partial charge is 0.450 e. The quantitative estimate of drug-likeness (QED) is 0.214. The molecule has 2 amide bonds. The maximum Gasteiger partial charge on any atom is 0.450 e. The van der Waals surface area contributed by atoms with E-state index < -0.39 is 17.8 Å². The maximum atomic E-state index is 13.1. The van der Waals surface area contributed by atoms with Crippen molar-refractivity contribution in [1.82, 2.24) is 9.97 Å². The lowest BCUT2D eigenvalue weighted by molar-refractivity contribution is 0.0366. The lowest BCUT2D eigenvalue weighted by Gasteiger charge is -2.26. The van der Waals surface area contributed by atoms with E-state index in [2.05, 4.69) is 27.1 Å². The molecular formula is C24H25Cl2IN4O4. The Kier molecular flexibility index (Phi) is 9.44. The fourth-order valence-corrected chi connectivity index (χ4v) is 4.09. The predicted molar refractivity (Wildman–Crippen MR) is 143 cm³/mol. The Bertz CT molecular complexity index is 1150. The Morgan fingerprint density at radius 2 is 1.77 bits per heavy atom. The van der Waals surface area contributed by atoms with Crippen molar-refractivity contribution in [3.63, 3.8) is 0 Å². The van der Waals surface area contributed by atoms with E-state index in [4.69, 9.17) is 32.8 Å². The summed E-state index contributed by atoms with van der Waals surface area (Å²) in [7, 11) is 0. The monoisotopic (exact) mass is 630 g/mol. The Labute approximate surface area is 228 Å². The van der Waals surface area contributed by atoms with Gasteiger partial charge in [0.05, 0.1) is 19.2 Å². The summed E-state index contributed by atoms with van der Waals surface area (Å²) in [4.78, 5) is 39.5. The summed E-state index contributed by atoms with van der Waals surface area (Å²) >= 11 is 14.5. The molecular weight excluding hydrogens is 606 g/mol. The van der Waals surface area contributed by atoms with Gasteiger partial charge in [-0.15, -0.1) is 0 Å². The number of hydrogen-bond donors (Lipinski definition) is 1. The normalized spacial score (nSPS) is 13.9. The summed E-state index contributed by atoms with van der Waals surface area (Å²) in [5.41, 5.74) is -0.611. The molecule has 0 atom stereocenters. The van der Waals surface area contributed by atoms with E-state index in [0.29, 0.717) is 13.7 Å². The van der Waals surface area contributed by atoms with Crippen molar-refractivity contribution >= 4 is 69.6 Å². The van der Waals surface area contributed by atoms with Gasteiger partial charge in [-0.05, 0) is 68.3 Å². The minimum Gasteiger partial charge on any atom is -0.441 e. The van der Waals surface area contributed by atoms with Gasteiger partial charge in [-0.1, -0.05) is 59.4 Å². The van der Waals surface area contributed by atoms with Crippen molar-refractivity contribution in [2.24, 2.45) is 5.92 Å². The van der Waals surface area contributed by atoms with E-state index in [9.17, 15) is 9.59 Å². The minimum atomic E-state index is -1.00. The van der Waals surface area contributed by atoms with Gasteiger partial charge in [-0.3, -0.25) is 5.32 Å². The van der Waals surface area contributed by atoms with Gasteiger partial charge < -0.3 is 9.57 Å². The molecule has 0 aromatic carbocycles. The smallest absolute Gasteiger partial charge is 0.441 e. The molecule has 0 aliphatic heterocycles. The minimum absolute atomic E-state index is 0.0565. The number of anilines is 2. The third-order valence-corrected chi connectivity index (χ3v) is 6.92. The summed E-state index contributed by atoms with van der Waals surface area (Å²) in [6.45, 7) is 5.07. The maximum absolute atomic E-state index is 13.1. The molecule has 1 fully saturated rings. The first-order valence-corrected chi connectivity index (χ1v) is 12.9. The van der Waals surface area contributed by atoms with Gasteiger partial charge in [0.2, 0.25) is 0 Å². The van der Waals surface area contributed by atoms with E-state index in [1.54, 1.807) is 32.9 Å². The molecule has 1 aliphatic rings. The van der Waals surface area contributed by atoms with Crippen LogP contribution in [-0.4, -0.2) is 27.8 Å². The Balaban J connectivity index is 1.94. The molecule has 35 heavy (non-hydrogen) atoms. The molecule has 186 valence electrons. The number of hydrogen-bond acceptors (Lipinski definition) is 6. The average molecular weight is 631 g/mol. The lowest BCUT2D eigenvalue weighted by Crippen LogP contribution is -2.40. The van der Waals surface area contributed by atoms with E-state index >= 15 is 0 Å². The molecule has 0 bridgehead atoms. The fourth-order valence-electron chi connectivity index (χ4n) is 3.30. The highest BCUT2D eigenvalue weighted by atomic mass is 127. The van der Waals surface area contributed by atoms with Gasteiger partial charge in [0.25, 0.3) is 0 Å². The zero-order valence-electron chi connectivity index (χ0n) is 19.5. The first-order chi connectivity index (χ1) is 16.5. The topological polar surface area (TPSA) is 93.6 Å². The standard InChI is InChI=1S/C24H25Cl2IN4O4/c1-24(2,3)34-23(33)31(35-22(32)30-20-19(27)18(26)12-13-28-20)21-16(17(25)11-14-29-21)10-9-15-7-5-4-6-8-15/h11-15H,4-8H2,1-3H3,(H,28,30,32). The number of rotatable bonds is 2. The van der Waals surface area contributed by atoms with Crippen molar-refractivity contribution in [3.8, 4) is 11.8 Å². The first-order valence-electron chi connectivity index (χ1n) is 11.0. The van der Waals surface area contributed by atoms with Crippen molar-refractivity contribution < 1.29 is 19.2 Å². The number of aromatic nitrogens is 2. The highest BCUT2D eigenvalue weighted by Crippen LogP contribution is 2.29. The number of nitrogens with zero attached hydrogens (tertiary/aromatic N) is 3. The Morgan fingerprint density at radius 3 is 2.46 bits per heavy atom. The zero-order chi connectivity index (χ0) is 25.6. The highest BCUT2D eigenvalue weighted by molar-refractivity contribution is 14.1. The van der Waals surface area contributed by atoms with Crippen LogP contribution < -0.4 is 10.4 Å². The first kappa shape index (κ1) is 27.3. The number of carbonyl (C=O) groups is 2. The van der Waals surface area contributed by atoms with Crippen LogP contribution in [0.4, 0.5) is 21.2 Å². The second-order valence-corrected chi connectivity index (χ2v) is 10.7.